The van der Waals surface area contributed by atoms with Crippen LogP contribution < -0.4 is 5.73 Å². The van der Waals surface area contributed by atoms with Crippen LogP contribution in [0.1, 0.15) is 5.69 Å². The van der Waals surface area contributed by atoms with Crippen LogP contribution in [0.2, 0.25) is 5.02 Å². The van der Waals surface area contributed by atoms with E-state index in [2.05, 4.69) is 4.98 Å². The molecule has 0 unspecified atom stereocenters. The van der Waals surface area contributed by atoms with E-state index >= 15 is 0 Å². The lowest BCUT2D eigenvalue weighted by molar-refractivity contribution is -0.0590. The Bertz CT molecular complexity index is 302. The van der Waals surface area contributed by atoms with Gasteiger partial charge in [-0.2, -0.15) is 0 Å². The average molecular weight is 221 g/mol. The van der Waals surface area contributed by atoms with Gasteiger partial charge in [-0.1, -0.05) is 11.6 Å². The molecule has 0 amide bonds. The number of pyridine rings is 1. The first-order valence-electron chi connectivity index (χ1n) is 3.69. The van der Waals surface area contributed by atoms with Crippen LogP contribution in [0.5, 0.6) is 0 Å². The van der Waals surface area contributed by atoms with Crippen LogP contribution >= 0.6 is 24.0 Å². The molecule has 3 nitrogen and oxygen atoms in total. The summed E-state index contributed by atoms with van der Waals surface area (Å²) in [6, 6.07) is 3.51. The molecule has 0 aromatic carbocycles. The monoisotopic (exact) mass is 220 g/mol. The van der Waals surface area contributed by atoms with Crippen molar-refractivity contribution in [3.05, 3.63) is 29.0 Å². The van der Waals surface area contributed by atoms with Crippen molar-refractivity contribution in [1.82, 2.24) is 4.98 Å². The smallest absolute Gasteiger partial charge is 0.106 e. The van der Waals surface area contributed by atoms with Gasteiger partial charge in [0.15, 0.2) is 0 Å². The van der Waals surface area contributed by atoms with Gasteiger partial charge in [0.25, 0.3) is 0 Å². The molecule has 0 saturated carbocycles. The summed E-state index contributed by atoms with van der Waals surface area (Å²) in [5, 5.41) is 0.664. The molecule has 2 rings (SSSR count). The molecule has 2 N–H and O–H groups in total. The number of ether oxygens (including phenoxy) is 1. The van der Waals surface area contributed by atoms with Gasteiger partial charge in [-0.3, -0.25) is 4.98 Å². The third-order valence-corrected chi connectivity index (χ3v) is 2.19. The van der Waals surface area contributed by atoms with Gasteiger partial charge in [0.1, 0.15) is 5.54 Å². The molecular formula is C8H10Cl2N2O. The van der Waals surface area contributed by atoms with Gasteiger partial charge in [0.05, 0.1) is 18.9 Å². The number of nitrogens with two attached hydrogens (primary N) is 1. The van der Waals surface area contributed by atoms with E-state index < -0.39 is 5.54 Å². The van der Waals surface area contributed by atoms with Crippen LogP contribution in [0.15, 0.2) is 18.3 Å². The molecule has 0 bridgehead atoms. The molecule has 1 fully saturated rings. The predicted octanol–water partition coefficient (Wildman–Crippen LogP) is 1.34. The third kappa shape index (κ3) is 1.94. The van der Waals surface area contributed by atoms with Crippen LogP contribution in [0.3, 0.4) is 0 Å². The Kier molecular flexibility index (Phi) is 3.14. The summed E-state index contributed by atoms with van der Waals surface area (Å²) < 4.78 is 5.02. The Hall–Kier alpha value is -0.350. The summed E-state index contributed by atoms with van der Waals surface area (Å²) in [6.45, 7) is 1.06. The minimum Gasteiger partial charge on any atom is -0.377 e. The summed E-state index contributed by atoms with van der Waals surface area (Å²) in [6.07, 6.45) is 1.66. The second-order valence-electron chi connectivity index (χ2n) is 3.01. The summed E-state index contributed by atoms with van der Waals surface area (Å²) in [7, 11) is 0. The maximum atomic E-state index is 5.95. The molecule has 0 spiro atoms. The highest BCUT2D eigenvalue weighted by Crippen LogP contribution is 2.26. The van der Waals surface area contributed by atoms with E-state index in [4.69, 9.17) is 22.1 Å². The molecule has 2 heterocycles. The fraction of sp³-hybridized carbons (Fsp3) is 0.375. The van der Waals surface area contributed by atoms with Crippen LogP contribution in [0, 0.1) is 0 Å². The van der Waals surface area contributed by atoms with Gasteiger partial charge < -0.3 is 10.5 Å². The van der Waals surface area contributed by atoms with Crippen molar-refractivity contribution in [1.29, 1.82) is 0 Å². The van der Waals surface area contributed by atoms with E-state index in [1.54, 1.807) is 18.3 Å². The fourth-order valence-electron chi connectivity index (χ4n) is 1.15. The zero-order valence-corrected chi connectivity index (χ0v) is 8.44. The van der Waals surface area contributed by atoms with Crippen molar-refractivity contribution >= 4 is 24.0 Å². The van der Waals surface area contributed by atoms with E-state index in [1.807, 2.05) is 0 Å². The van der Waals surface area contributed by atoms with Crippen molar-refractivity contribution in [3.63, 3.8) is 0 Å². The van der Waals surface area contributed by atoms with Crippen LogP contribution in [-0.4, -0.2) is 18.2 Å². The first kappa shape index (κ1) is 10.7. The number of hydrogen-bond donors (Lipinski definition) is 1. The predicted molar refractivity (Wildman–Crippen MR) is 53.2 cm³/mol. The summed E-state index contributed by atoms with van der Waals surface area (Å²) in [4.78, 5) is 4.14. The van der Waals surface area contributed by atoms with E-state index in [-0.39, 0.29) is 12.4 Å². The zero-order valence-electron chi connectivity index (χ0n) is 6.87. The van der Waals surface area contributed by atoms with Crippen molar-refractivity contribution in [2.75, 3.05) is 13.2 Å². The van der Waals surface area contributed by atoms with Crippen molar-refractivity contribution < 1.29 is 4.74 Å². The highest BCUT2D eigenvalue weighted by Gasteiger charge is 2.37. The molecule has 1 aromatic rings. The molecule has 13 heavy (non-hydrogen) atoms. The number of halogens is 2. The third-order valence-electron chi connectivity index (χ3n) is 1.95. The SMILES string of the molecule is Cl.NC1(c2cc(Cl)ccn2)COC1. The first-order chi connectivity index (χ1) is 5.71. The largest absolute Gasteiger partial charge is 0.377 e. The van der Waals surface area contributed by atoms with Crippen molar-refractivity contribution in [3.8, 4) is 0 Å². The lowest BCUT2D eigenvalue weighted by Gasteiger charge is -2.37. The zero-order chi connectivity index (χ0) is 8.60. The molecule has 0 radical (unpaired) electrons. The van der Waals surface area contributed by atoms with E-state index in [9.17, 15) is 0 Å². The van der Waals surface area contributed by atoms with Gasteiger partial charge in [-0.15, -0.1) is 12.4 Å². The molecule has 1 saturated heterocycles. The van der Waals surface area contributed by atoms with Gasteiger partial charge in [-0.05, 0) is 12.1 Å². The molecule has 0 atom stereocenters. The highest BCUT2D eigenvalue weighted by atomic mass is 35.5. The minimum absolute atomic E-state index is 0. The van der Waals surface area contributed by atoms with Gasteiger partial charge in [0.2, 0.25) is 0 Å². The van der Waals surface area contributed by atoms with Gasteiger partial charge in [0, 0.05) is 11.2 Å². The molecule has 1 aliphatic heterocycles. The maximum Gasteiger partial charge on any atom is 0.106 e. The molecule has 5 heteroatoms. The quantitative estimate of drug-likeness (QED) is 0.778. The average Bonchev–Trinajstić information content (AvgIpc) is 2.00. The Labute approximate surface area is 87.6 Å². The van der Waals surface area contributed by atoms with Crippen LogP contribution in [0.4, 0.5) is 0 Å². The fourth-order valence-corrected chi connectivity index (χ4v) is 1.31. The van der Waals surface area contributed by atoms with Gasteiger partial charge >= 0.3 is 0 Å². The van der Waals surface area contributed by atoms with E-state index in [0.29, 0.717) is 18.2 Å². The Morgan fingerprint density at radius 2 is 2.23 bits per heavy atom. The Morgan fingerprint density at radius 1 is 1.54 bits per heavy atom. The number of nitrogens with zero attached hydrogens (tertiary/aromatic N) is 1. The standard InChI is InChI=1S/C8H9ClN2O.ClH/c9-6-1-2-11-7(3-6)8(10)4-12-5-8;/h1-3H,4-5,10H2;1H. The molecule has 1 aliphatic rings. The second-order valence-corrected chi connectivity index (χ2v) is 3.44. The Morgan fingerprint density at radius 3 is 2.69 bits per heavy atom. The molecular weight excluding hydrogens is 211 g/mol. The minimum atomic E-state index is -0.412. The topological polar surface area (TPSA) is 48.1 Å². The number of aromatic nitrogens is 1. The lowest BCUT2D eigenvalue weighted by Crippen LogP contribution is -2.54. The van der Waals surface area contributed by atoms with Crippen molar-refractivity contribution in [2.24, 2.45) is 5.73 Å². The summed E-state index contributed by atoms with van der Waals surface area (Å²) >= 11 is 5.80. The molecule has 1 aromatic heterocycles. The lowest BCUT2D eigenvalue weighted by atomic mass is 9.94. The summed E-state index contributed by atoms with van der Waals surface area (Å²) in [5.41, 5.74) is 6.34. The first-order valence-corrected chi connectivity index (χ1v) is 4.07. The molecule has 0 aliphatic carbocycles. The Balaban J connectivity index is 0.000000845. The number of rotatable bonds is 1. The second kappa shape index (κ2) is 3.80. The molecule has 72 valence electrons. The summed E-state index contributed by atoms with van der Waals surface area (Å²) in [5.74, 6) is 0. The van der Waals surface area contributed by atoms with Crippen molar-refractivity contribution in [2.45, 2.75) is 5.54 Å². The van der Waals surface area contributed by atoms with E-state index in [0.717, 1.165) is 5.69 Å². The normalized spacial score (nSPS) is 18.6. The number of hydrogen-bond acceptors (Lipinski definition) is 3. The van der Waals surface area contributed by atoms with E-state index in [1.165, 1.54) is 0 Å². The maximum absolute atomic E-state index is 5.95. The highest BCUT2D eigenvalue weighted by molar-refractivity contribution is 6.30. The van der Waals surface area contributed by atoms with Crippen LogP contribution in [0.25, 0.3) is 0 Å². The van der Waals surface area contributed by atoms with Crippen LogP contribution in [-0.2, 0) is 10.3 Å². The van der Waals surface area contributed by atoms with Gasteiger partial charge in [-0.25, -0.2) is 0 Å².